The average Bonchev–Trinajstić information content (AvgIpc) is 3.08. The summed E-state index contributed by atoms with van der Waals surface area (Å²) in [5.41, 5.74) is 0. The normalized spacial score (nSPS) is 28.9. The molecule has 1 aliphatic carbocycles. The van der Waals surface area contributed by atoms with Crippen molar-refractivity contribution in [2.45, 2.75) is 78.8 Å². The maximum absolute atomic E-state index is 13.8. The minimum atomic E-state index is -0.730. The molecule has 1 fully saturated rings. The third-order valence-electron chi connectivity index (χ3n) is 7.27. The fourth-order valence-corrected chi connectivity index (χ4v) is 5.26. The van der Waals surface area contributed by atoms with E-state index in [2.05, 4.69) is 12.2 Å². The maximum Gasteiger partial charge on any atom is 0.310 e. The zero-order chi connectivity index (χ0) is 23.8. The molecule has 1 heterocycles. The van der Waals surface area contributed by atoms with Crippen molar-refractivity contribution in [1.29, 1.82) is 0 Å². The van der Waals surface area contributed by atoms with Gasteiger partial charge in [-0.15, -0.1) is 0 Å². The van der Waals surface area contributed by atoms with Gasteiger partial charge in [0.25, 0.3) is 0 Å². The van der Waals surface area contributed by atoms with Gasteiger partial charge in [-0.05, 0) is 31.6 Å². The highest BCUT2D eigenvalue weighted by molar-refractivity contribution is 5.96. The second kappa shape index (κ2) is 12.4. The number of fused-ring (bicyclic) bond motifs is 1. The number of aliphatic hydroxyl groups is 1. The summed E-state index contributed by atoms with van der Waals surface area (Å²) in [6.07, 6.45) is 8.36. The summed E-state index contributed by atoms with van der Waals surface area (Å²) in [6.45, 7) is 10.4. The molecule has 2 amide bonds. The summed E-state index contributed by atoms with van der Waals surface area (Å²) in [7, 11) is 0. The number of hydrogen-bond acceptors (Lipinski definition) is 5. The van der Waals surface area contributed by atoms with Crippen LogP contribution in [0.25, 0.3) is 0 Å². The van der Waals surface area contributed by atoms with Crippen molar-refractivity contribution >= 4 is 17.8 Å². The number of amides is 2. The van der Waals surface area contributed by atoms with Gasteiger partial charge in [0, 0.05) is 12.5 Å². The van der Waals surface area contributed by atoms with Crippen LogP contribution in [-0.4, -0.2) is 59.6 Å². The lowest BCUT2D eigenvalue weighted by molar-refractivity contribution is -0.156. The molecule has 0 aromatic heterocycles. The number of allylic oxidation sites excluding steroid dienone is 1. The molecule has 7 nitrogen and oxygen atoms in total. The van der Waals surface area contributed by atoms with Crippen LogP contribution in [0.2, 0.25) is 0 Å². The Morgan fingerprint density at radius 2 is 1.91 bits per heavy atom. The highest BCUT2D eigenvalue weighted by atomic mass is 16.5. The van der Waals surface area contributed by atoms with E-state index >= 15 is 0 Å². The zero-order valence-electron chi connectivity index (χ0n) is 20.4. The fraction of sp³-hybridized carbons (Fsp3) is 0.800. The van der Waals surface area contributed by atoms with Crippen molar-refractivity contribution in [3.8, 4) is 0 Å². The van der Waals surface area contributed by atoms with Crippen LogP contribution in [-0.2, 0) is 19.1 Å². The Labute approximate surface area is 192 Å². The summed E-state index contributed by atoms with van der Waals surface area (Å²) >= 11 is 0. The van der Waals surface area contributed by atoms with Crippen LogP contribution < -0.4 is 5.32 Å². The largest absolute Gasteiger partial charge is 0.466 e. The Hall–Kier alpha value is -1.89. The molecule has 2 aliphatic rings. The Balaban J connectivity index is 2.46. The number of aliphatic hydroxyl groups excluding tert-OH is 1. The first-order valence-electron chi connectivity index (χ1n) is 12.4. The summed E-state index contributed by atoms with van der Waals surface area (Å²) < 4.78 is 5.35. The molecule has 0 aromatic rings. The molecular formula is C25H42N2O5. The molecular weight excluding hydrogens is 408 g/mol. The van der Waals surface area contributed by atoms with Gasteiger partial charge in [0.1, 0.15) is 6.04 Å². The topological polar surface area (TPSA) is 95.9 Å². The van der Waals surface area contributed by atoms with Gasteiger partial charge in [-0.2, -0.15) is 0 Å². The number of rotatable bonds is 12. The molecule has 7 atom stereocenters. The number of nitrogens with zero attached hydrogens (tertiary/aromatic N) is 1. The second-order valence-electron chi connectivity index (χ2n) is 9.16. The average molecular weight is 451 g/mol. The summed E-state index contributed by atoms with van der Waals surface area (Å²) in [5, 5.41) is 13.2. The molecule has 0 aromatic carbocycles. The number of unbranched alkanes of at least 4 members (excludes halogenated alkanes) is 2. The number of nitrogens with one attached hydrogen (secondary N) is 1. The van der Waals surface area contributed by atoms with E-state index in [1.807, 2.05) is 32.9 Å². The molecule has 7 heteroatoms. The van der Waals surface area contributed by atoms with Gasteiger partial charge in [0.05, 0.1) is 31.1 Å². The van der Waals surface area contributed by atoms with Gasteiger partial charge >= 0.3 is 5.97 Å². The van der Waals surface area contributed by atoms with Crippen LogP contribution >= 0.6 is 0 Å². The first-order valence-corrected chi connectivity index (χ1v) is 12.4. The number of esters is 1. The van der Waals surface area contributed by atoms with Gasteiger partial charge in [-0.1, -0.05) is 59.1 Å². The predicted molar refractivity (Wildman–Crippen MR) is 124 cm³/mol. The molecule has 2 rings (SSSR count). The Kier molecular flexibility index (Phi) is 10.2. The van der Waals surface area contributed by atoms with E-state index in [1.54, 1.807) is 11.8 Å². The zero-order valence-corrected chi connectivity index (χ0v) is 20.4. The standard InChI is InChI=1S/C25H42N2O5/c1-6-10-11-14-26-23(29)22-18-13-12-17(8-3)20(25(31)32-9-4)21(18)24(30)27(22)19(15-28)16(5)7-2/h12-13,16-22,28H,6-11,14-15H2,1-5H3,(H,26,29)/t16-,17+,18-,19-,20+,21-,22-/m0/s1. The fourth-order valence-electron chi connectivity index (χ4n) is 5.26. The van der Waals surface area contributed by atoms with E-state index in [0.717, 1.165) is 25.7 Å². The number of likely N-dealkylation sites (tertiary alicyclic amines) is 1. The first-order chi connectivity index (χ1) is 15.4. The van der Waals surface area contributed by atoms with E-state index < -0.39 is 29.8 Å². The van der Waals surface area contributed by atoms with Crippen LogP contribution in [0.3, 0.4) is 0 Å². The molecule has 1 aliphatic heterocycles. The minimum absolute atomic E-state index is 0.0199. The van der Waals surface area contributed by atoms with E-state index in [1.165, 1.54) is 0 Å². The first kappa shape index (κ1) is 26.4. The summed E-state index contributed by atoms with van der Waals surface area (Å²) in [4.78, 5) is 41.7. The Bertz CT molecular complexity index is 679. The smallest absolute Gasteiger partial charge is 0.310 e. The van der Waals surface area contributed by atoms with Crippen LogP contribution in [0.15, 0.2) is 12.2 Å². The molecule has 182 valence electrons. The van der Waals surface area contributed by atoms with Crippen LogP contribution in [0.5, 0.6) is 0 Å². The van der Waals surface area contributed by atoms with E-state index in [-0.39, 0.29) is 42.8 Å². The number of carbonyl (C=O) groups is 3. The quantitative estimate of drug-likeness (QED) is 0.271. The molecule has 2 N–H and O–H groups in total. The molecule has 0 unspecified atom stereocenters. The molecule has 0 saturated carbocycles. The second-order valence-corrected chi connectivity index (χ2v) is 9.16. The van der Waals surface area contributed by atoms with Crippen molar-refractivity contribution in [3.05, 3.63) is 12.2 Å². The summed E-state index contributed by atoms with van der Waals surface area (Å²) in [5.74, 6) is -2.55. The van der Waals surface area contributed by atoms with Crippen LogP contribution in [0.1, 0.15) is 66.7 Å². The molecule has 0 bridgehead atoms. The highest BCUT2D eigenvalue weighted by Gasteiger charge is 2.59. The Morgan fingerprint density at radius 3 is 2.47 bits per heavy atom. The van der Waals surface area contributed by atoms with E-state index in [9.17, 15) is 19.5 Å². The van der Waals surface area contributed by atoms with Gasteiger partial charge in [0.2, 0.25) is 11.8 Å². The van der Waals surface area contributed by atoms with Gasteiger partial charge in [-0.25, -0.2) is 0 Å². The van der Waals surface area contributed by atoms with Crippen LogP contribution in [0, 0.1) is 29.6 Å². The van der Waals surface area contributed by atoms with Gasteiger partial charge < -0.3 is 20.1 Å². The van der Waals surface area contributed by atoms with E-state index in [4.69, 9.17) is 4.74 Å². The maximum atomic E-state index is 13.8. The molecule has 0 radical (unpaired) electrons. The lowest BCUT2D eigenvalue weighted by Crippen LogP contribution is -2.54. The lowest BCUT2D eigenvalue weighted by Gasteiger charge is -2.36. The summed E-state index contributed by atoms with van der Waals surface area (Å²) in [6, 6.07) is -1.20. The minimum Gasteiger partial charge on any atom is -0.466 e. The SMILES string of the molecule is CCCCCNC(=O)[C@@H]1[C@H]2C=C[C@@H](CC)[C@@H](C(=O)OCC)[C@H]2C(=O)N1[C@@H](CO)[C@@H](C)CC. The Morgan fingerprint density at radius 1 is 1.19 bits per heavy atom. The van der Waals surface area contributed by atoms with Crippen LogP contribution in [0.4, 0.5) is 0 Å². The van der Waals surface area contributed by atoms with Crippen molar-refractivity contribution in [2.75, 3.05) is 19.8 Å². The molecule has 1 saturated heterocycles. The molecule has 32 heavy (non-hydrogen) atoms. The number of ether oxygens (including phenoxy) is 1. The van der Waals surface area contributed by atoms with E-state index in [0.29, 0.717) is 13.0 Å². The van der Waals surface area contributed by atoms with Gasteiger partial charge in [0.15, 0.2) is 0 Å². The van der Waals surface area contributed by atoms with Crippen molar-refractivity contribution in [3.63, 3.8) is 0 Å². The lowest BCUT2D eigenvalue weighted by atomic mass is 9.69. The van der Waals surface area contributed by atoms with Crippen molar-refractivity contribution in [2.24, 2.45) is 29.6 Å². The predicted octanol–water partition coefficient (Wildman–Crippen LogP) is 2.92. The third-order valence-corrected chi connectivity index (χ3v) is 7.27. The van der Waals surface area contributed by atoms with Gasteiger partial charge in [-0.3, -0.25) is 14.4 Å². The number of carbonyl (C=O) groups excluding carboxylic acids is 3. The molecule has 0 spiro atoms. The monoisotopic (exact) mass is 450 g/mol. The van der Waals surface area contributed by atoms with Crippen molar-refractivity contribution in [1.82, 2.24) is 10.2 Å². The third kappa shape index (κ3) is 5.36. The number of hydrogen-bond donors (Lipinski definition) is 2. The van der Waals surface area contributed by atoms with Crippen molar-refractivity contribution < 1.29 is 24.2 Å². The highest BCUT2D eigenvalue weighted by Crippen LogP contribution is 2.46.